The number of carbonyl (C=O) groups excluding carboxylic acids is 1. The molecule has 0 fully saturated rings. The van der Waals surface area contributed by atoms with Crippen LogP contribution in [-0.4, -0.2) is 10.9 Å². The third-order valence-corrected chi connectivity index (χ3v) is 5.35. The number of hydrogen-bond acceptors (Lipinski definition) is 3. The molecular weight excluding hydrogens is 316 g/mol. The number of nitrogens with one attached hydrogen (secondary N) is 1. The molecule has 0 radical (unpaired) electrons. The van der Waals surface area contributed by atoms with Crippen molar-refractivity contribution in [2.75, 3.05) is 5.32 Å². The fourth-order valence-electron chi connectivity index (χ4n) is 3.09. The van der Waals surface area contributed by atoms with Crippen LogP contribution in [0.1, 0.15) is 22.4 Å². The Labute approximate surface area is 145 Å². The lowest BCUT2D eigenvalue weighted by molar-refractivity contribution is -0.116. The third-order valence-electron chi connectivity index (χ3n) is 4.32. The van der Waals surface area contributed by atoms with E-state index < -0.39 is 0 Å². The number of thiazole rings is 1. The monoisotopic (exact) mass is 334 g/mol. The summed E-state index contributed by atoms with van der Waals surface area (Å²) in [7, 11) is 0. The summed E-state index contributed by atoms with van der Waals surface area (Å²) in [6.07, 6.45) is 3.28. The van der Waals surface area contributed by atoms with Crippen LogP contribution in [-0.2, 0) is 24.1 Å². The fraction of sp³-hybridized carbons (Fsp3) is 0.200. The molecule has 1 heterocycles. The maximum atomic E-state index is 12.2. The van der Waals surface area contributed by atoms with Gasteiger partial charge in [0.25, 0.3) is 0 Å². The van der Waals surface area contributed by atoms with Crippen molar-refractivity contribution in [1.82, 2.24) is 4.98 Å². The summed E-state index contributed by atoms with van der Waals surface area (Å²) < 4.78 is 0. The molecule has 0 spiro atoms. The number of benzene rings is 2. The van der Waals surface area contributed by atoms with Crippen LogP contribution in [0.25, 0.3) is 11.3 Å². The van der Waals surface area contributed by atoms with Gasteiger partial charge in [0.1, 0.15) is 0 Å². The van der Waals surface area contributed by atoms with Crippen molar-refractivity contribution < 1.29 is 4.79 Å². The third kappa shape index (κ3) is 3.10. The Hall–Kier alpha value is -2.46. The lowest BCUT2D eigenvalue weighted by Crippen LogP contribution is -2.12. The van der Waals surface area contributed by atoms with Gasteiger partial charge in [-0.1, -0.05) is 54.6 Å². The highest BCUT2D eigenvalue weighted by atomic mass is 32.1. The van der Waals surface area contributed by atoms with Crippen molar-refractivity contribution in [3.8, 4) is 11.3 Å². The Morgan fingerprint density at radius 3 is 2.71 bits per heavy atom. The average Bonchev–Trinajstić information content (AvgIpc) is 3.04. The van der Waals surface area contributed by atoms with E-state index >= 15 is 0 Å². The lowest BCUT2D eigenvalue weighted by atomic mass is 9.94. The molecule has 0 aliphatic heterocycles. The van der Waals surface area contributed by atoms with Crippen molar-refractivity contribution in [3.63, 3.8) is 0 Å². The molecule has 0 saturated carbocycles. The SMILES string of the molecule is O=C(CCc1ccccc1)Nc1nc2c(s1)CCc1ccccc1-2. The predicted octanol–water partition coefficient (Wildman–Crippen LogP) is 4.48. The van der Waals surface area contributed by atoms with Crippen molar-refractivity contribution in [1.29, 1.82) is 0 Å². The highest BCUT2D eigenvalue weighted by Gasteiger charge is 2.21. The molecule has 1 N–H and O–H groups in total. The number of aryl methyl sites for hydroxylation is 3. The Morgan fingerprint density at radius 2 is 1.83 bits per heavy atom. The van der Waals surface area contributed by atoms with E-state index in [1.165, 1.54) is 21.6 Å². The van der Waals surface area contributed by atoms with Crippen LogP contribution in [0.2, 0.25) is 0 Å². The van der Waals surface area contributed by atoms with Gasteiger partial charge in [0.2, 0.25) is 5.91 Å². The standard InChI is InChI=1S/C20H18N2OS/c23-18(13-10-14-6-2-1-3-7-14)21-20-22-19-16-9-5-4-8-15(16)11-12-17(19)24-20/h1-9H,10-13H2,(H,21,22,23). The molecule has 1 aliphatic carbocycles. The molecule has 120 valence electrons. The van der Waals surface area contributed by atoms with E-state index in [4.69, 9.17) is 0 Å². The number of hydrogen-bond donors (Lipinski definition) is 1. The van der Waals surface area contributed by atoms with Crippen molar-refractivity contribution in [3.05, 3.63) is 70.6 Å². The Bertz CT molecular complexity index is 870. The van der Waals surface area contributed by atoms with E-state index in [2.05, 4.69) is 28.5 Å². The molecule has 0 bridgehead atoms. The molecule has 0 saturated heterocycles. The van der Waals surface area contributed by atoms with Crippen LogP contribution in [0.4, 0.5) is 5.13 Å². The summed E-state index contributed by atoms with van der Waals surface area (Å²) in [5.74, 6) is 0.0261. The molecule has 3 aromatic rings. The van der Waals surface area contributed by atoms with Gasteiger partial charge in [-0.05, 0) is 30.4 Å². The molecule has 1 aromatic heterocycles. The molecular formula is C20H18N2OS. The largest absolute Gasteiger partial charge is 0.302 e. The zero-order valence-corrected chi connectivity index (χ0v) is 14.1. The quantitative estimate of drug-likeness (QED) is 0.764. The van der Waals surface area contributed by atoms with E-state index in [1.807, 2.05) is 36.4 Å². The molecule has 2 aromatic carbocycles. The molecule has 3 nitrogen and oxygen atoms in total. The second-order valence-electron chi connectivity index (χ2n) is 5.98. The summed E-state index contributed by atoms with van der Waals surface area (Å²) in [6, 6.07) is 18.5. The Morgan fingerprint density at radius 1 is 1.04 bits per heavy atom. The number of rotatable bonds is 4. The number of fused-ring (bicyclic) bond motifs is 3. The predicted molar refractivity (Wildman–Crippen MR) is 98.4 cm³/mol. The van der Waals surface area contributed by atoms with Gasteiger partial charge in [-0.25, -0.2) is 4.98 Å². The van der Waals surface area contributed by atoms with E-state index in [-0.39, 0.29) is 5.91 Å². The first-order chi connectivity index (χ1) is 11.8. The number of aromatic nitrogens is 1. The van der Waals surface area contributed by atoms with Crippen LogP contribution in [0, 0.1) is 0 Å². The van der Waals surface area contributed by atoms with Gasteiger partial charge in [-0.3, -0.25) is 4.79 Å². The van der Waals surface area contributed by atoms with E-state index in [1.54, 1.807) is 11.3 Å². The van der Waals surface area contributed by atoms with Gasteiger partial charge in [-0.15, -0.1) is 11.3 Å². The van der Waals surface area contributed by atoms with Gasteiger partial charge >= 0.3 is 0 Å². The van der Waals surface area contributed by atoms with Gasteiger partial charge in [0.15, 0.2) is 5.13 Å². The van der Waals surface area contributed by atoms with Crippen molar-refractivity contribution in [2.45, 2.75) is 25.7 Å². The summed E-state index contributed by atoms with van der Waals surface area (Å²) in [5.41, 5.74) is 4.78. The van der Waals surface area contributed by atoms with Crippen molar-refractivity contribution >= 4 is 22.4 Å². The minimum absolute atomic E-state index is 0.0261. The van der Waals surface area contributed by atoms with Crippen LogP contribution >= 0.6 is 11.3 Å². The second-order valence-corrected chi connectivity index (χ2v) is 7.07. The number of carbonyl (C=O) groups is 1. The van der Waals surface area contributed by atoms with E-state index in [0.717, 1.165) is 30.1 Å². The van der Waals surface area contributed by atoms with Gasteiger partial charge < -0.3 is 5.32 Å². The molecule has 4 heteroatoms. The summed E-state index contributed by atoms with van der Waals surface area (Å²) in [6.45, 7) is 0. The number of nitrogens with zero attached hydrogens (tertiary/aromatic N) is 1. The molecule has 1 amide bonds. The number of amides is 1. The highest BCUT2D eigenvalue weighted by Crippen LogP contribution is 2.37. The highest BCUT2D eigenvalue weighted by molar-refractivity contribution is 7.16. The van der Waals surface area contributed by atoms with Gasteiger partial charge in [0, 0.05) is 16.9 Å². The molecule has 4 rings (SSSR count). The first-order valence-corrected chi connectivity index (χ1v) is 9.03. The molecule has 0 unspecified atom stereocenters. The minimum atomic E-state index is 0.0261. The summed E-state index contributed by atoms with van der Waals surface area (Å²) >= 11 is 1.61. The Balaban J connectivity index is 1.45. The second kappa shape index (κ2) is 6.57. The Kier molecular flexibility index (Phi) is 4.13. The lowest BCUT2D eigenvalue weighted by Gasteiger charge is -2.13. The average molecular weight is 334 g/mol. The fourth-order valence-corrected chi connectivity index (χ4v) is 4.08. The molecule has 0 atom stereocenters. The van der Waals surface area contributed by atoms with Crippen LogP contribution < -0.4 is 5.32 Å². The van der Waals surface area contributed by atoms with E-state index in [0.29, 0.717) is 6.42 Å². The molecule has 1 aliphatic rings. The van der Waals surface area contributed by atoms with Crippen LogP contribution in [0.3, 0.4) is 0 Å². The maximum absolute atomic E-state index is 12.2. The minimum Gasteiger partial charge on any atom is -0.302 e. The maximum Gasteiger partial charge on any atom is 0.226 e. The van der Waals surface area contributed by atoms with E-state index in [9.17, 15) is 4.79 Å². The number of anilines is 1. The van der Waals surface area contributed by atoms with Crippen LogP contribution in [0.5, 0.6) is 0 Å². The molecule has 24 heavy (non-hydrogen) atoms. The normalized spacial score (nSPS) is 12.3. The summed E-state index contributed by atoms with van der Waals surface area (Å²) in [4.78, 5) is 18.1. The topological polar surface area (TPSA) is 42.0 Å². The zero-order valence-electron chi connectivity index (χ0n) is 13.3. The smallest absolute Gasteiger partial charge is 0.226 e. The van der Waals surface area contributed by atoms with Gasteiger partial charge in [0.05, 0.1) is 5.69 Å². The zero-order chi connectivity index (χ0) is 16.4. The summed E-state index contributed by atoms with van der Waals surface area (Å²) in [5, 5.41) is 3.69. The van der Waals surface area contributed by atoms with Crippen LogP contribution in [0.15, 0.2) is 54.6 Å². The van der Waals surface area contributed by atoms with Crippen molar-refractivity contribution in [2.24, 2.45) is 0 Å². The van der Waals surface area contributed by atoms with Gasteiger partial charge in [-0.2, -0.15) is 0 Å². The first kappa shape index (κ1) is 15.1. The first-order valence-electron chi connectivity index (χ1n) is 8.21.